The van der Waals surface area contributed by atoms with Crippen LogP contribution in [0.3, 0.4) is 0 Å². The summed E-state index contributed by atoms with van der Waals surface area (Å²) in [5.74, 6) is -0.0596. The first kappa shape index (κ1) is 17.4. The minimum absolute atomic E-state index is 0.226. The van der Waals surface area contributed by atoms with Crippen molar-refractivity contribution >= 4 is 10.2 Å². The number of methoxy groups -OCH3 is 1. The molecule has 0 bridgehead atoms. The fourth-order valence-electron chi connectivity index (χ4n) is 2.49. The fourth-order valence-corrected chi connectivity index (χ4v) is 4.06. The van der Waals surface area contributed by atoms with Crippen molar-refractivity contribution in [3.8, 4) is 6.07 Å². The van der Waals surface area contributed by atoms with Gasteiger partial charge >= 0.3 is 0 Å². The van der Waals surface area contributed by atoms with E-state index in [4.69, 9.17) is 10.00 Å². The molecule has 2 atom stereocenters. The molecule has 6 nitrogen and oxygen atoms in total. The van der Waals surface area contributed by atoms with E-state index in [0.717, 1.165) is 19.3 Å². The third kappa shape index (κ3) is 4.70. The summed E-state index contributed by atoms with van der Waals surface area (Å²) >= 11 is 0. The highest BCUT2D eigenvalue weighted by Crippen LogP contribution is 2.20. The van der Waals surface area contributed by atoms with Gasteiger partial charge in [-0.1, -0.05) is 6.42 Å². The van der Waals surface area contributed by atoms with Gasteiger partial charge in [0.05, 0.1) is 18.6 Å². The van der Waals surface area contributed by atoms with Gasteiger partial charge < -0.3 is 4.74 Å². The standard InChI is InChI=1S/C13H25N3O3S/c1-12(8-14)9-15(2)20(17,18)16-7-5-4-6-13(10-16)11-19-3/h12-13H,4-7,9-11H2,1-3H3/t12-,13-/m0/s1. The first-order chi connectivity index (χ1) is 9.41. The first-order valence-corrected chi connectivity index (χ1v) is 8.41. The fraction of sp³-hybridized carbons (Fsp3) is 0.923. The SMILES string of the molecule is COC[C@H]1CCCCN(S(=O)(=O)N(C)C[C@@H](C)C#N)C1. The lowest BCUT2D eigenvalue weighted by Gasteiger charge is -2.28. The van der Waals surface area contributed by atoms with Gasteiger partial charge in [0.2, 0.25) is 0 Å². The summed E-state index contributed by atoms with van der Waals surface area (Å²) in [6.45, 7) is 3.59. The minimum atomic E-state index is -3.48. The van der Waals surface area contributed by atoms with Crippen molar-refractivity contribution in [3.63, 3.8) is 0 Å². The van der Waals surface area contributed by atoms with E-state index in [0.29, 0.717) is 19.7 Å². The molecule has 20 heavy (non-hydrogen) atoms. The smallest absolute Gasteiger partial charge is 0.281 e. The molecule has 1 aliphatic heterocycles. The largest absolute Gasteiger partial charge is 0.384 e. The molecule has 0 radical (unpaired) electrons. The summed E-state index contributed by atoms with van der Waals surface area (Å²) in [6.07, 6.45) is 2.90. The topological polar surface area (TPSA) is 73.6 Å². The minimum Gasteiger partial charge on any atom is -0.384 e. The lowest BCUT2D eigenvalue weighted by molar-refractivity contribution is 0.140. The van der Waals surface area contributed by atoms with Gasteiger partial charge in [-0.2, -0.15) is 22.3 Å². The molecule has 0 aromatic carbocycles. The van der Waals surface area contributed by atoms with Crippen LogP contribution < -0.4 is 0 Å². The average molecular weight is 303 g/mol. The van der Waals surface area contributed by atoms with Gasteiger partial charge in [-0.3, -0.25) is 0 Å². The van der Waals surface area contributed by atoms with Crippen LogP contribution in [0.15, 0.2) is 0 Å². The van der Waals surface area contributed by atoms with E-state index in [-0.39, 0.29) is 18.4 Å². The predicted molar refractivity (Wildman–Crippen MR) is 77.1 cm³/mol. The third-order valence-electron chi connectivity index (χ3n) is 3.61. The van der Waals surface area contributed by atoms with Crippen LogP contribution in [0.1, 0.15) is 26.2 Å². The third-order valence-corrected chi connectivity index (χ3v) is 5.53. The Hall–Kier alpha value is -0.680. The van der Waals surface area contributed by atoms with Crippen LogP contribution in [0.2, 0.25) is 0 Å². The molecule has 1 aliphatic rings. The zero-order valence-electron chi connectivity index (χ0n) is 12.6. The van der Waals surface area contributed by atoms with E-state index < -0.39 is 10.2 Å². The molecule has 1 rings (SSSR count). The highest BCUT2D eigenvalue weighted by molar-refractivity contribution is 7.86. The van der Waals surface area contributed by atoms with Gasteiger partial charge in [-0.05, 0) is 25.7 Å². The van der Waals surface area contributed by atoms with Crippen LogP contribution >= 0.6 is 0 Å². The number of rotatable bonds is 6. The maximum Gasteiger partial charge on any atom is 0.281 e. The van der Waals surface area contributed by atoms with Gasteiger partial charge in [0, 0.05) is 33.8 Å². The van der Waals surface area contributed by atoms with Crippen LogP contribution in [-0.4, -0.2) is 57.4 Å². The van der Waals surface area contributed by atoms with E-state index in [9.17, 15) is 8.42 Å². The maximum atomic E-state index is 12.5. The van der Waals surface area contributed by atoms with Crippen molar-refractivity contribution in [2.45, 2.75) is 26.2 Å². The van der Waals surface area contributed by atoms with E-state index >= 15 is 0 Å². The summed E-state index contributed by atoms with van der Waals surface area (Å²) in [4.78, 5) is 0. The van der Waals surface area contributed by atoms with E-state index in [1.54, 1.807) is 21.1 Å². The Morgan fingerprint density at radius 3 is 2.80 bits per heavy atom. The summed E-state index contributed by atoms with van der Waals surface area (Å²) in [5, 5.41) is 8.82. The Balaban J connectivity index is 2.76. The normalized spacial score (nSPS) is 23.2. The number of ether oxygens (including phenoxy) is 1. The van der Waals surface area contributed by atoms with Gasteiger partial charge in [0.15, 0.2) is 0 Å². The predicted octanol–water partition coefficient (Wildman–Crippen LogP) is 1.07. The van der Waals surface area contributed by atoms with Crippen LogP contribution in [0.4, 0.5) is 0 Å². The van der Waals surface area contributed by atoms with Gasteiger partial charge in [0.25, 0.3) is 10.2 Å². The van der Waals surface area contributed by atoms with E-state index in [1.165, 1.54) is 8.61 Å². The van der Waals surface area contributed by atoms with Crippen LogP contribution in [0, 0.1) is 23.2 Å². The molecule has 1 heterocycles. The summed E-state index contributed by atoms with van der Waals surface area (Å²) in [5.41, 5.74) is 0. The molecule has 0 spiro atoms. The van der Waals surface area contributed by atoms with Crippen molar-refractivity contribution in [1.82, 2.24) is 8.61 Å². The monoisotopic (exact) mass is 303 g/mol. The molecule has 0 aromatic rings. The zero-order valence-corrected chi connectivity index (χ0v) is 13.4. The quantitative estimate of drug-likeness (QED) is 0.736. The molecular weight excluding hydrogens is 278 g/mol. The number of hydrogen-bond acceptors (Lipinski definition) is 4. The van der Waals surface area contributed by atoms with Gasteiger partial charge in [0.1, 0.15) is 0 Å². The molecule has 0 aliphatic carbocycles. The molecule has 0 saturated carbocycles. The van der Waals surface area contributed by atoms with Crippen LogP contribution in [-0.2, 0) is 14.9 Å². The zero-order chi connectivity index (χ0) is 15.2. The Morgan fingerprint density at radius 1 is 1.50 bits per heavy atom. The Kier molecular flexibility index (Phi) is 6.89. The molecule has 116 valence electrons. The summed E-state index contributed by atoms with van der Waals surface area (Å²) < 4.78 is 33.1. The van der Waals surface area contributed by atoms with E-state index in [2.05, 4.69) is 6.07 Å². The maximum absolute atomic E-state index is 12.5. The molecule has 1 fully saturated rings. The second-order valence-electron chi connectivity index (χ2n) is 5.49. The molecular formula is C13H25N3O3S. The Labute approximate surface area is 122 Å². The second-order valence-corrected chi connectivity index (χ2v) is 7.53. The van der Waals surface area contributed by atoms with Crippen molar-refractivity contribution in [2.24, 2.45) is 11.8 Å². The number of hydrogen-bond donors (Lipinski definition) is 0. The van der Waals surface area contributed by atoms with Crippen molar-refractivity contribution < 1.29 is 13.2 Å². The molecule has 0 aromatic heterocycles. The molecule has 0 amide bonds. The molecule has 7 heteroatoms. The number of nitrogens with zero attached hydrogens (tertiary/aromatic N) is 3. The first-order valence-electron chi connectivity index (χ1n) is 7.01. The van der Waals surface area contributed by atoms with E-state index in [1.807, 2.05) is 0 Å². The lowest BCUT2D eigenvalue weighted by Crippen LogP contribution is -2.45. The second kappa shape index (κ2) is 7.93. The molecule has 0 N–H and O–H groups in total. The van der Waals surface area contributed by atoms with Crippen LogP contribution in [0.5, 0.6) is 0 Å². The van der Waals surface area contributed by atoms with Crippen molar-refractivity contribution in [3.05, 3.63) is 0 Å². The molecule has 1 saturated heterocycles. The summed E-state index contributed by atoms with van der Waals surface area (Å²) in [7, 11) is -0.297. The average Bonchev–Trinajstić information content (AvgIpc) is 2.65. The summed E-state index contributed by atoms with van der Waals surface area (Å²) in [6, 6.07) is 2.07. The highest BCUT2D eigenvalue weighted by Gasteiger charge is 2.31. The molecule has 0 unspecified atom stereocenters. The van der Waals surface area contributed by atoms with Gasteiger partial charge in [-0.25, -0.2) is 0 Å². The highest BCUT2D eigenvalue weighted by atomic mass is 32.2. The van der Waals surface area contributed by atoms with Crippen molar-refractivity contribution in [1.29, 1.82) is 5.26 Å². The number of nitriles is 1. The van der Waals surface area contributed by atoms with Gasteiger partial charge in [-0.15, -0.1) is 0 Å². The Morgan fingerprint density at radius 2 is 2.20 bits per heavy atom. The van der Waals surface area contributed by atoms with Crippen LogP contribution in [0.25, 0.3) is 0 Å². The van der Waals surface area contributed by atoms with Crippen molar-refractivity contribution in [2.75, 3.05) is 40.4 Å². The lowest BCUT2D eigenvalue weighted by atomic mass is 10.1. The Bertz CT molecular complexity index is 433.